The number of rotatable bonds is 6. The Hall–Kier alpha value is -0.830. The fourth-order valence-corrected chi connectivity index (χ4v) is 3.51. The average Bonchev–Trinajstić information content (AvgIpc) is 2.86. The predicted molar refractivity (Wildman–Crippen MR) is 85.0 cm³/mol. The maximum atomic E-state index is 4.85. The molecule has 0 aliphatic heterocycles. The number of nitrogens with one attached hydrogen (secondary N) is 1. The van der Waals surface area contributed by atoms with Gasteiger partial charge in [0.15, 0.2) is 0 Å². The smallest absolute Gasteiger partial charge is 0.0630 e. The zero-order chi connectivity index (χ0) is 14.6. The van der Waals surface area contributed by atoms with Crippen LogP contribution in [0.1, 0.15) is 71.0 Å². The summed E-state index contributed by atoms with van der Waals surface area (Å²) in [7, 11) is 2.04. The van der Waals surface area contributed by atoms with Crippen LogP contribution in [0.4, 0.5) is 0 Å². The summed E-state index contributed by atoms with van der Waals surface area (Å²) in [5.41, 5.74) is 1.55. The lowest BCUT2D eigenvalue weighted by Crippen LogP contribution is -2.29. The van der Waals surface area contributed by atoms with E-state index in [1.165, 1.54) is 44.2 Å². The van der Waals surface area contributed by atoms with Crippen LogP contribution in [0.2, 0.25) is 0 Å². The van der Waals surface area contributed by atoms with Crippen LogP contribution in [-0.2, 0) is 6.42 Å². The minimum absolute atomic E-state index is 0.300. The van der Waals surface area contributed by atoms with Crippen molar-refractivity contribution in [2.75, 3.05) is 7.05 Å². The number of aromatic nitrogens is 2. The third kappa shape index (κ3) is 4.34. The summed E-state index contributed by atoms with van der Waals surface area (Å²) in [6.07, 6.45) is 11.2. The lowest BCUT2D eigenvalue weighted by atomic mass is 9.82. The van der Waals surface area contributed by atoms with E-state index in [-0.39, 0.29) is 0 Å². The molecule has 1 saturated carbocycles. The van der Waals surface area contributed by atoms with Crippen LogP contribution in [0.15, 0.2) is 12.3 Å². The van der Waals surface area contributed by atoms with Crippen LogP contribution in [-0.4, -0.2) is 22.9 Å². The van der Waals surface area contributed by atoms with E-state index in [9.17, 15) is 0 Å². The van der Waals surface area contributed by atoms with Crippen molar-refractivity contribution in [3.05, 3.63) is 18.0 Å². The largest absolute Gasteiger partial charge is 0.317 e. The normalized spacial score (nSPS) is 19.2. The molecule has 3 nitrogen and oxygen atoms in total. The van der Waals surface area contributed by atoms with Gasteiger partial charge in [-0.15, -0.1) is 0 Å². The van der Waals surface area contributed by atoms with Crippen LogP contribution in [0, 0.1) is 5.41 Å². The Balaban J connectivity index is 1.94. The molecule has 1 unspecified atom stereocenters. The molecule has 0 saturated heterocycles. The third-order valence-corrected chi connectivity index (χ3v) is 4.62. The van der Waals surface area contributed by atoms with E-state index >= 15 is 0 Å². The van der Waals surface area contributed by atoms with Crippen molar-refractivity contribution in [1.82, 2.24) is 15.1 Å². The molecule has 2 rings (SSSR count). The fraction of sp³-hybridized carbons (Fsp3) is 0.824. The van der Waals surface area contributed by atoms with Gasteiger partial charge in [-0.1, -0.05) is 33.1 Å². The topological polar surface area (TPSA) is 29.9 Å². The van der Waals surface area contributed by atoms with Crippen molar-refractivity contribution in [2.24, 2.45) is 5.41 Å². The average molecular weight is 277 g/mol. The Kier molecular flexibility index (Phi) is 5.25. The van der Waals surface area contributed by atoms with Crippen molar-refractivity contribution in [3.8, 4) is 0 Å². The molecule has 20 heavy (non-hydrogen) atoms. The van der Waals surface area contributed by atoms with Gasteiger partial charge in [0.25, 0.3) is 0 Å². The molecule has 1 aromatic rings. The summed E-state index contributed by atoms with van der Waals surface area (Å²) in [4.78, 5) is 0. The second-order valence-electron chi connectivity index (χ2n) is 7.31. The van der Waals surface area contributed by atoms with Crippen molar-refractivity contribution in [3.63, 3.8) is 0 Å². The first-order chi connectivity index (χ1) is 9.50. The van der Waals surface area contributed by atoms with Crippen LogP contribution in [0.25, 0.3) is 0 Å². The first-order valence-electron chi connectivity index (χ1n) is 8.21. The van der Waals surface area contributed by atoms with E-state index in [0.29, 0.717) is 17.5 Å². The van der Waals surface area contributed by atoms with E-state index in [2.05, 4.69) is 43.0 Å². The Morgan fingerprint density at radius 1 is 1.35 bits per heavy atom. The van der Waals surface area contributed by atoms with E-state index in [1.54, 1.807) is 0 Å². The van der Waals surface area contributed by atoms with Gasteiger partial charge in [0.2, 0.25) is 0 Å². The molecule has 1 aromatic heterocycles. The first-order valence-corrected chi connectivity index (χ1v) is 8.21. The predicted octanol–water partition coefficient (Wildman–Crippen LogP) is 3.96. The minimum Gasteiger partial charge on any atom is -0.317 e. The van der Waals surface area contributed by atoms with Gasteiger partial charge in [0, 0.05) is 12.2 Å². The van der Waals surface area contributed by atoms with Gasteiger partial charge < -0.3 is 5.32 Å². The highest BCUT2D eigenvalue weighted by Crippen LogP contribution is 2.30. The highest BCUT2D eigenvalue weighted by atomic mass is 15.3. The van der Waals surface area contributed by atoms with Gasteiger partial charge >= 0.3 is 0 Å². The van der Waals surface area contributed by atoms with Crippen LogP contribution >= 0.6 is 0 Å². The minimum atomic E-state index is 0.300. The molecule has 1 aliphatic rings. The molecule has 1 atom stereocenters. The molecule has 1 fully saturated rings. The van der Waals surface area contributed by atoms with Crippen molar-refractivity contribution in [1.29, 1.82) is 0 Å². The van der Waals surface area contributed by atoms with Crippen LogP contribution in [0.3, 0.4) is 0 Å². The second-order valence-corrected chi connectivity index (χ2v) is 7.31. The van der Waals surface area contributed by atoms with Gasteiger partial charge in [-0.3, -0.25) is 4.68 Å². The molecule has 0 spiro atoms. The maximum absolute atomic E-state index is 4.85. The molecule has 0 radical (unpaired) electrons. The second kappa shape index (κ2) is 6.75. The zero-order valence-electron chi connectivity index (χ0n) is 13.7. The highest BCUT2D eigenvalue weighted by Gasteiger charge is 2.23. The van der Waals surface area contributed by atoms with Crippen LogP contribution < -0.4 is 5.32 Å². The number of hydrogen-bond acceptors (Lipinski definition) is 2. The molecule has 1 aliphatic carbocycles. The summed E-state index contributed by atoms with van der Waals surface area (Å²) in [5.74, 6) is 0. The quantitative estimate of drug-likeness (QED) is 0.853. The van der Waals surface area contributed by atoms with Gasteiger partial charge in [-0.2, -0.15) is 5.10 Å². The zero-order valence-corrected chi connectivity index (χ0v) is 13.7. The first kappa shape index (κ1) is 15.6. The molecule has 0 amide bonds. The van der Waals surface area contributed by atoms with Gasteiger partial charge in [-0.25, -0.2) is 0 Å². The highest BCUT2D eigenvalue weighted by molar-refractivity contribution is 5.03. The molecule has 0 aromatic carbocycles. The molecule has 114 valence electrons. The van der Waals surface area contributed by atoms with Gasteiger partial charge in [-0.05, 0) is 51.1 Å². The monoisotopic (exact) mass is 277 g/mol. The van der Waals surface area contributed by atoms with E-state index in [1.807, 2.05) is 7.05 Å². The lowest BCUT2D eigenvalue weighted by molar-refractivity contribution is 0.286. The molecule has 3 heteroatoms. The Bertz CT molecular complexity index is 402. The Morgan fingerprint density at radius 3 is 2.70 bits per heavy atom. The Labute approximate surface area is 124 Å². The SMILES string of the molecule is CNC(C)CC(C)(C)Cc1ccn(C2CCCCC2)n1. The summed E-state index contributed by atoms with van der Waals surface area (Å²) in [5, 5.41) is 8.19. The number of hydrogen-bond donors (Lipinski definition) is 1. The summed E-state index contributed by atoms with van der Waals surface area (Å²) in [6, 6.07) is 3.43. The Morgan fingerprint density at radius 2 is 2.05 bits per heavy atom. The summed E-state index contributed by atoms with van der Waals surface area (Å²) >= 11 is 0. The summed E-state index contributed by atoms with van der Waals surface area (Å²) < 4.78 is 2.23. The summed E-state index contributed by atoms with van der Waals surface area (Å²) in [6.45, 7) is 6.95. The van der Waals surface area contributed by atoms with Gasteiger partial charge in [0.1, 0.15) is 0 Å². The lowest BCUT2D eigenvalue weighted by Gasteiger charge is -2.27. The van der Waals surface area contributed by atoms with Gasteiger partial charge in [0.05, 0.1) is 11.7 Å². The molecular formula is C17H31N3. The fourth-order valence-electron chi connectivity index (χ4n) is 3.51. The third-order valence-electron chi connectivity index (χ3n) is 4.62. The van der Waals surface area contributed by atoms with E-state index in [4.69, 9.17) is 5.10 Å². The van der Waals surface area contributed by atoms with Crippen LogP contribution in [0.5, 0.6) is 0 Å². The molecular weight excluding hydrogens is 246 g/mol. The van der Waals surface area contributed by atoms with Crippen molar-refractivity contribution >= 4 is 0 Å². The molecule has 1 N–H and O–H groups in total. The maximum Gasteiger partial charge on any atom is 0.0630 e. The molecule has 0 bridgehead atoms. The van der Waals surface area contributed by atoms with Crippen molar-refractivity contribution < 1.29 is 0 Å². The van der Waals surface area contributed by atoms with E-state index in [0.717, 1.165) is 6.42 Å². The van der Waals surface area contributed by atoms with E-state index < -0.39 is 0 Å². The van der Waals surface area contributed by atoms with Crippen molar-refractivity contribution in [2.45, 2.75) is 77.8 Å². The number of nitrogens with zero attached hydrogens (tertiary/aromatic N) is 2. The molecule has 1 heterocycles. The standard InChI is InChI=1S/C17H31N3/c1-14(18-4)12-17(2,3)13-15-10-11-20(19-15)16-8-6-5-7-9-16/h10-11,14,16,18H,5-9,12-13H2,1-4H3.